The molecule has 10 heteroatoms. The van der Waals surface area contributed by atoms with Crippen molar-refractivity contribution < 1.29 is 9.26 Å². The lowest BCUT2D eigenvalue weighted by molar-refractivity contribution is 0.291. The molecule has 4 aromatic rings. The second kappa shape index (κ2) is 8.76. The molecule has 0 fully saturated rings. The molecular weight excluding hydrogens is 424 g/mol. The predicted octanol–water partition coefficient (Wildman–Crippen LogP) is 4.18. The van der Waals surface area contributed by atoms with Crippen LogP contribution in [-0.4, -0.2) is 25.0 Å². The van der Waals surface area contributed by atoms with Crippen LogP contribution in [-0.2, 0) is 12.4 Å². The number of nitrogens with two attached hydrogens (primary N) is 1. The lowest BCUT2D eigenvalue weighted by Gasteiger charge is -2.08. The number of rotatable bonds is 7. The standard InChI is InChI=1S/C20H19ClN6O2S/c1-12-7-13(2)9-16(8-12)28-10-17-24-25-20(27(17)22)30-11-18-23-19(26-29-18)14-3-5-15(21)6-4-14/h3-9H,10-11,22H2,1-2H3. The van der Waals surface area contributed by atoms with Crippen LogP contribution in [0.3, 0.4) is 0 Å². The van der Waals surface area contributed by atoms with Gasteiger partial charge in [-0.2, -0.15) is 4.98 Å². The van der Waals surface area contributed by atoms with Crippen molar-refractivity contribution in [2.45, 2.75) is 31.4 Å². The van der Waals surface area contributed by atoms with Gasteiger partial charge in [-0.1, -0.05) is 34.6 Å². The van der Waals surface area contributed by atoms with E-state index in [4.69, 9.17) is 26.7 Å². The van der Waals surface area contributed by atoms with Gasteiger partial charge in [-0.05, 0) is 61.4 Å². The average molecular weight is 443 g/mol. The first-order chi connectivity index (χ1) is 14.5. The zero-order chi connectivity index (χ0) is 21.1. The Balaban J connectivity index is 1.37. The topological polar surface area (TPSA) is 105 Å². The molecule has 8 nitrogen and oxygen atoms in total. The van der Waals surface area contributed by atoms with Crippen LogP contribution in [0.1, 0.15) is 22.8 Å². The summed E-state index contributed by atoms with van der Waals surface area (Å²) in [7, 11) is 0. The van der Waals surface area contributed by atoms with E-state index < -0.39 is 0 Å². The first kappa shape index (κ1) is 20.2. The number of hydrogen-bond donors (Lipinski definition) is 1. The summed E-state index contributed by atoms with van der Waals surface area (Å²) in [6.07, 6.45) is 0. The van der Waals surface area contributed by atoms with Crippen molar-refractivity contribution in [1.82, 2.24) is 25.0 Å². The Bertz CT molecular complexity index is 1140. The van der Waals surface area contributed by atoms with E-state index in [0.29, 0.717) is 33.5 Å². The van der Waals surface area contributed by atoms with Gasteiger partial charge in [0.05, 0.1) is 5.75 Å². The summed E-state index contributed by atoms with van der Waals surface area (Å²) in [6, 6.07) is 13.2. The van der Waals surface area contributed by atoms with Gasteiger partial charge in [0, 0.05) is 10.6 Å². The van der Waals surface area contributed by atoms with Gasteiger partial charge in [-0.15, -0.1) is 10.2 Å². The summed E-state index contributed by atoms with van der Waals surface area (Å²) in [4.78, 5) is 4.39. The molecule has 0 spiro atoms. The predicted molar refractivity (Wildman–Crippen MR) is 115 cm³/mol. The largest absolute Gasteiger partial charge is 0.486 e. The molecule has 0 amide bonds. The highest BCUT2D eigenvalue weighted by Gasteiger charge is 2.14. The molecule has 0 saturated carbocycles. The van der Waals surface area contributed by atoms with Gasteiger partial charge in [-0.3, -0.25) is 0 Å². The van der Waals surface area contributed by atoms with Crippen LogP contribution >= 0.6 is 23.4 Å². The fourth-order valence-electron chi connectivity index (χ4n) is 2.82. The Labute approximate surface area is 182 Å². The molecule has 0 aliphatic carbocycles. The van der Waals surface area contributed by atoms with Crippen LogP contribution in [0.4, 0.5) is 0 Å². The highest BCUT2D eigenvalue weighted by molar-refractivity contribution is 7.98. The fraction of sp³-hybridized carbons (Fsp3) is 0.200. The average Bonchev–Trinajstić information content (AvgIpc) is 3.31. The smallest absolute Gasteiger partial charge is 0.237 e. The molecule has 154 valence electrons. The van der Waals surface area contributed by atoms with E-state index in [-0.39, 0.29) is 6.61 Å². The van der Waals surface area contributed by atoms with E-state index in [0.717, 1.165) is 22.4 Å². The Hall–Kier alpha value is -3.04. The van der Waals surface area contributed by atoms with Crippen molar-refractivity contribution in [2.24, 2.45) is 0 Å². The highest BCUT2D eigenvalue weighted by Crippen LogP contribution is 2.23. The number of halogens is 1. The third-order valence-electron chi connectivity index (χ3n) is 4.19. The van der Waals surface area contributed by atoms with Crippen molar-refractivity contribution in [3.05, 3.63) is 70.3 Å². The molecule has 4 rings (SSSR count). The number of aromatic nitrogens is 5. The van der Waals surface area contributed by atoms with Gasteiger partial charge in [0.15, 0.2) is 5.82 Å². The molecule has 2 aromatic carbocycles. The van der Waals surface area contributed by atoms with Gasteiger partial charge in [0.1, 0.15) is 12.4 Å². The third kappa shape index (κ3) is 4.74. The van der Waals surface area contributed by atoms with E-state index in [2.05, 4.69) is 26.4 Å². The molecule has 0 aliphatic heterocycles. The zero-order valence-corrected chi connectivity index (χ0v) is 17.9. The molecule has 0 aliphatic rings. The van der Waals surface area contributed by atoms with E-state index in [9.17, 15) is 0 Å². The number of aryl methyl sites for hydroxylation is 2. The van der Waals surface area contributed by atoms with Gasteiger partial charge in [0.2, 0.25) is 16.9 Å². The molecule has 0 atom stereocenters. The number of nitrogens with zero attached hydrogens (tertiary/aromatic N) is 5. The van der Waals surface area contributed by atoms with Crippen molar-refractivity contribution in [3.63, 3.8) is 0 Å². The van der Waals surface area contributed by atoms with Crippen LogP contribution in [0, 0.1) is 13.8 Å². The summed E-state index contributed by atoms with van der Waals surface area (Å²) in [6.45, 7) is 4.26. The second-order valence-corrected chi connectivity index (χ2v) is 8.07. The molecule has 2 N–H and O–H groups in total. The number of ether oxygens (including phenoxy) is 1. The van der Waals surface area contributed by atoms with E-state index in [1.807, 2.05) is 38.1 Å². The number of nitrogen functional groups attached to an aromatic ring is 1. The monoisotopic (exact) mass is 442 g/mol. The Morgan fingerprint density at radius 2 is 1.83 bits per heavy atom. The van der Waals surface area contributed by atoms with Crippen LogP contribution in [0.15, 0.2) is 52.1 Å². The highest BCUT2D eigenvalue weighted by atomic mass is 35.5. The number of benzene rings is 2. The minimum absolute atomic E-state index is 0.216. The van der Waals surface area contributed by atoms with Crippen LogP contribution in [0.5, 0.6) is 5.75 Å². The summed E-state index contributed by atoms with van der Waals surface area (Å²) in [5.74, 6) is 8.77. The third-order valence-corrected chi connectivity index (χ3v) is 5.37. The molecule has 0 saturated heterocycles. The van der Waals surface area contributed by atoms with Gasteiger partial charge < -0.3 is 15.1 Å². The molecule has 0 unspecified atom stereocenters. The Morgan fingerprint density at radius 1 is 1.10 bits per heavy atom. The normalized spacial score (nSPS) is 11.0. The molecule has 0 radical (unpaired) electrons. The van der Waals surface area contributed by atoms with Gasteiger partial charge in [0.25, 0.3) is 0 Å². The maximum Gasteiger partial charge on any atom is 0.237 e. The van der Waals surface area contributed by atoms with E-state index >= 15 is 0 Å². The maximum atomic E-state index is 6.11. The molecule has 0 bridgehead atoms. The van der Waals surface area contributed by atoms with Gasteiger partial charge in [-0.25, -0.2) is 4.68 Å². The Kier molecular flexibility index (Phi) is 5.91. The first-order valence-electron chi connectivity index (χ1n) is 9.10. The number of thioether (sulfide) groups is 1. The van der Waals surface area contributed by atoms with Crippen molar-refractivity contribution in [1.29, 1.82) is 0 Å². The minimum Gasteiger partial charge on any atom is -0.486 e. The maximum absolute atomic E-state index is 6.11. The summed E-state index contributed by atoms with van der Waals surface area (Å²) >= 11 is 7.26. The summed E-state index contributed by atoms with van der Waals surface area (Å²) < 4.78 is 12.5. The number of hydrogen-bond acceptors (Lipinski definition) is 8. The van der Waals surface area contributed by atoms with Crippen molar-refractivity contribution in [2.75, 3.05) is 5.84 Å². The van der Waals surface area contributed by atoms with Gasteiger partial charge >= 0.3 is 0 Å². The molecular formula is C20H19ClN6O2S. The summed E-state index contributed by atoms with van der Waals surface area (Å²) in [5.41, 5.74) is 3.09. The second-order valence-electron chi connectivity index (χ2n) is 6.69. The Morgan fingerprint density at radius 3 is 2.57 bits per heavy atom. The quantitative estimate of drug-likeness (QED) is 0.335. The first-order valence-corrected chi connectivity index (χ1v) is 10.5. The van der Waals surface area contributed by atoms with E-state index in [1.165, 1.54) is 16.4 Å². The van der Waals surface area contributed by atoms with E-state index in [1.54, 1.807) is 12.1 Å². The SMILES string of the molecule is Cc1cc(C)cc(OCc2nnc(SCc3nc(-c4ccc(Cl)cc4)no3)n2N)c1. The fourth-order valence-corrected chi connectivity index (χ4v) is 3.66. The zero-order valence-electron chi connectivity index (χ0n) is 16.4. The van der Waals surface area contributed by atoms with Crippen molar-refractivity contribution in [3.8, 4) is 17.1 Å². The van der Waals surface area contributed by atoms with Crippen LogP contribution in [0.25, 0.3) is 11.4 Å². The van der Waals surface area contributed by atoms with Crippen LogP contribution in [0.2, 0.25) is 5.02 Å². The molecule has 30 heavy (non-hydrogen) atoms. The minimum atomic E-state index is 0.216. The van der Waals surface area contributed by atoms with Crippen LogP contribution < -0.4 is 10.6 Å². The van der Waals surface area contributed by atoms with Crippen molar-refractivity contribution >= 4 is 23.4 Å². The lowest BCUT2D eigenvalue weighted by Crippen LogP contribution is -2.15. The summed E-state index contributed by atoms with van der Waals surface area (Å²) in [5, 5.41) is 13.4. The lowest BCUT2D eigenvalue weighted by atomic mass is 10.1. The molecule has 2 aromatic heterocycles. The molecule has 2 heterocycles.